The number of amides is 1. The van der Waals surface area contributed by atoms with E-state index < -0.39 is 5.76 Å². The molecule has 2 heterocycles. The number of rotatable bonds is 5. The highest BCUT2D eigenvalue weighted by Crippen LogP contribution is 2.25. The second-order valence-electron chi connectivity index (χ2n) is 6.07. The van der Waals surface area contributed by atoms with E-state index in [0.29, 0.717) is 29.4 Å². The van der Waals surface area contributed by atoms with Crippen LogP contribution in [0.25, 0.3) is 11.4 Å². The Balaban J connectivity index is 1.61. The molecule has 1 fully saturated rings. The third kappa shape index (κ3) is 4.11. The Kier molecular flexibility index (Phi) is 5.10. The molecule has 128 valence electrons. The molecule has 1 aliphatic heterocycles. The first-order chi connectivity index (χ1) is 11.6. The molecule has 1 aromatic carbocycles. The second-order valence-corrected chi connectivity index (χ2v) is 6.07. The van der Waals surface area contributed by atoms with Gasteiger partial charge in [0.15, 0.2) is 5.82 Å². The lowest BCUT2D eigenvalue weighted by Crippen LogP contribution is -2.28. The molecule has 1 saturated heterocycles. The highest BCUT2D eigenvalue weighted by molar-refractivity contribution is 5.91. The van der Waals surface area contributed by atoms with Crippen LogP contribution in [-0.4, -0.2) is 28.8 Å². The lowest BCUT2D eigenvalue weighted by molar-refractivity contribution is -0.118. The van der Waals surface area contributed by atoms with Crippen LogP contribution in [0.15, 0.2) is 33.6 Å². The zero-order valence-corrected chi connectivity index (χ0v) is 13.6. The SMILES string of the molecule is CCC1CC(CC(=O)Nc2cccc(-c3noc(=O)[nH]3)c2)CCO1. The Hall–Kier alpha value is -2.41. The molecule has 0 bridgehead atoms. The Bertz CT molecular complexity index is 752. The highest BCUT2D eigenvalue weighted by Gasteiger charge is 2.23. The van der Waals surface area contributed by atoms with Gasteiger partial charge in [-0.3, -0.25) is 14.3 Å². The van der Waals surface area contributed by atoms with E-state index in [1.807, 2.05) is 0 Å². The number of hydrogen-bond acceptors (Lipinski definition) is 5. The van der Waals surface area contributed by atoms with Crippen molar-refractivity contribution in [2.24, 2.45) is 5.92 Å². The van der Waals surface area contributed by atoms with Gasteiger partial charge in [0, 0.05) is 24.3 Å². The fraction of sp³-hybridized carbons (Fsp3) is 0.471. The lowest BCUT2D eigenvalue weighted by Gasteiger charge is -2.28. The number of nitrogens with zero attached hydrogens (tertiary/aromatic N) is 1. The number of aromatic nitrogens is 2. The van der Waals surface area contributed by atoms with Crippen molar-refractivity contribution in [1.82, 2.24) is 10.1 Å². The Morgan fingerprint density at radius 3 is 3.08 bits per heavy atom. The average molecular weight is 331 g/mol. The van der Waals surface area contributed by atoms with E-state index in [1.165, 1.54) is 0 Å². The second kappa shape index (κ2) is 7.44. The van der Waals surface area contributed by atoms with E-state index in [1.54, 1.807) is 24.3 Å². The molecule has 2 aromatic rings. The predicted octanol–water partition coefficient (Wildman–Crippen LogP) is 2.56. The minimum atomic E-state index is -0.607. The van der Waals surface area contributed by atoms with Crippen LogP contribution in [0.5, 0.6) is 0 Å². The number of nitrogens with one attached hydrogen (secondary N) is 2. The first-order valence-corrected chi connectivity index (χ1v) is 8.22. The molecule has 2 unspecified atom stereocenters. The summed E-state index contributed by atoms with van der Waals surface area (Å²) in [6.07, 6.45) is 3.60. The minimum absolute atomic E-state index is 0.0115. The zero-order chi connectivity index (χ0) is 16.9. The molecular formula is C17H21N3O4. The number of anilines is 1. The fourth-order valence-corrected chi connectivity index (χ4v) is 3.00. The quantitative estimate of drug-likeness (QED) is 0.877. The van der Waals surface area contributed by atoms with Gasteiger partial charge < -0.3 is 10.1 Å². The van der Waals surface area contributed by atoms with Crippen molar-refractivity contribution in [3.8, 4) is 11.4 Å². The normalized spacial score (nSPS) is 20.7. The molecule has 0 spiro atoms. The van der Waals surface area contributed by atoms with Crippen LogP contribution in [0.3, 0.4) is 0 Å². The van der Waals surface area contributed by atoms with E-state index in [4.69, 9.17) is 4.74 Å². The van der Waals surface area contributed by atoms with Crippen molar-refractivity contribution in [2.45, 2.75) is 38.7 Å². The van der Waals surface area contributed by atoms with Gasteiger partial charge in [-0.15, -0.1) is 0 Å². The number of ether oxygens (including phenoxy) is 1. The van der Waals surface area contributed by atoms with Crippen LogP contribution in [0.4, 0.5) is 5.69 Å². The van der Waals surface area contributed by atoms with Gasteiger partial charge in [-0.1, -0.05) is 24.2 Å². The number of benzene rings is 1. The van der Waals surface area contributed by atoms with Gasteiger partial charge in [0.1, 0.15) is 0 Å². The van der Waals surface area contributed by atoms with Crippen molar-refractivity contribution in [3.05, 3.63) is 34.8 Å². The molecule has 1 aromatic heterocycles. The summed E-state index contributed by atoms with van der Waals surface area (Å²) >= 11 is 0. The first kappa shape index (κ1) is 16.4. The van der Waals surface area contributed by atoms with Crippen LogP contribution in [0, 0.1) is 5.92 Å². The molecule has 0 radical (unpaired) electrons. The summed E-state index contributed by atoms with van der Waals surface area (Å²) in [6.45, 7) is 2.83. The Morgan fingerprint density at radius 1 is 1.46 bits per heavy atom. The molecule has 24 heavy (non-hydrogen) atoms. The van der Waals surface area contributed by atoms with E-state index in [0.717, 1.165) is 25.9 Å². The van der Waals surface area contributed by atoms with E-state index in [2.05, 4.69) is 26.9 Å². The maximum Gasteiger partial charge on any atom is 0.439 e. The molecule has 1 aliphatic rings. The van der Waals surface area contributed by atoms with Crippen molar-refractivity contribution in [2.75, 3.05) is 11.9 Å². The molecule has 7 heteroatoms. The van der Waals surface area contributed by atoms with E-state index in [-0.39, 0.29) is 12.0 Å². The molecule has 0 aliphatic carbocycles. The minimum Gasteiger partial charge on any atom is -0.378 e. The number of H-pyrrole nitrogens is 1. The van der Waals surface area contributed by atoms with Gasteiger partial charge in [-0.2, -0.15) is 0 Å². The fourth-order valence-electron chi connectivity index (χ4n) is 3.00. The molecule has 1 amide bonds. The van der Waals surface area contributed by atoms with Crippen molar-refractivity contribution in [3.63, 3.8) is 0 Å². The third-order valence-electron chi connectivity index (χ3n) is 4.27. The van der Waals surface area contributed by atoms with Gasteiger partial charge in [0.25, 0.3) is 0 Å². The van der Waals surface area contributed by atoms with E-state index >= 15 is 0 Å². The van der Waals surface area contributed by atoms with Crippen LogP contribution >= 0.6 is 0 Å². The Labute approximate surface area is 139 Å². The smallest absolute Gasteiger partial charge is 0.378 e. The van der Waals surface area contributed by atoms with Gasteiger partial charge in [0.2, 0.25) is 5.91 Å². The number of hydrogen-bond donors (Lipinski definition) is 2. The number of carbonyl (C=O) groups excluding carboxylic acids is 1. The van der Waals surface area contributed by atoms with Crippen LogP contribution in [-0.2, 0) is 9.53 Å². The molecule has 7 nitrogen and oxygen atoms in total. The molecule has 3 rings (SSSR count). The van der Waals surface area contributed by atoms with Crippen molar-refractivity contribution < 1.29 is 14.1 Å². The maximum atomic E-state index is 12.3. The molecule has 2 N–H and O–H groups in total. The van der Waals surface area contributed by atoms with Crippen molar-refractivity contribution >= 4 is 11.6 Å². The van der Waals surface area contributed by atoms with Gasteiger partial charge in [0.05, 0.1) is 6.10 Å². The monoisotopic (exact) mass is 331 g/mol. The van der Waals surface area contributed by atoms with Gasteiger partial charge in [-0.05, 0) is 37.3 Å². The topological polar surface area (TPSA) is 97.2 Å². The summed E-state index contributed by atoms with van der Waals surface area (Å²) in [5.74, 6) is 0.0806. The van der Waals surface area contributed by atoms with Gasteiger partial charge >= 0.3 is 5.76 Å². The largest absolute Gasteiger partial charge is 0.439 e. The number of aromatic amines is 1. The van der Waals surface area contributed by atoms with E-state index in [9.17, 15) is 9.59 Å². The maximum absolute atomic E-state index is 12.3. The molecule has 0 saturated carbocycles. The molecule has 2 atom stereocenters. The zero-order valence-electron chi connectivity index (χ0n) is 13.6. The van der Waals surface area contributed by atoms with Crippen LogP contribution in [0.1, 0.15) is 32.6 Å². The third-order valence-corrected chi connectivity index (χ3v) is 4.27. The summed E-state index contributed by atoms with van der Waals surface area (Å²) in [6, 6.07) is 7.14. The number of carbonyl (C=O) groups is 1. The van der Waals surface area contributed by atoms with Crippen molar-refractivity contribution in [1.29, 1.82) is 0 Å². The van der Waals surface area contributed by atoms with Crippen LogP contribution in [0.2, 0.25) is 0 Å². The average Bonchev–Trinajstić information content (AvgIpc) is 3.02. The Morgan fingerprint density at radius 2 is 2.33 bits per heavy atom. The molecular weight excluding hydrogens is 310 g/mol. The van der Waals surface area contributed by atoms with Crippen LogP contribution < -0.4 is 11.1 Å². The highest BCUT2D eigenvalue weighted by atomic mass is 16.5. The summed E-state index contributed by atoms with van der Waals surface area (Å²) < 4.78 is 10.1. The standard InChI is InChI=1S/C17H21N3O4/c1-2-14-8-11(6-7-23-14)9-15(21)18-13-5-3-4-12(10-13)16-19-17(22)24-20-16/h3-5,10-11,14H,2,6-9H2,1H3,(H,18,21)(H,19,20,22). The summed E-state index contributed by atoms with van der Waals surface area (Å²) in [7, 11) is 0. The lowest BCUT2D eigenvalue weighted by atomic mass is 9.91. The first-order valence-electron chi connectivity index (χ1n) is 8.22. The van der Waals surface area contributed by atoms with Gasteiger partial charge in [-0.25, -0.2) is 4.79 Å². The summed E-state index contributed by atoms with van der Waals surface area (Å²) in [5, 5.41) is 6.56. The summed E-state index contributed by atoms with van der Waals surface area (Å²) in [4.78, 5) is 25.8. The summed E-state index contributed by atoms with van der Waals surface area (Å²) in [5.41, 5.74) is 1.34. The predicted molar refractivity (Wildman–Crippen MR) is 88.6 cm³/mol.